The maximum Gasteiger partial charge on any atom is 0.306 e. The van der Waals surface area contributed by atoms with Gasteiger partial charge in [0.05, 0.1) is 0 Å². The van der Waals surface area contributed by atoms with Crippen molar-refractivity contribution in [2.24, 2.45) is 0 Å². The van der Waals surface area contributed by atoms with E-state index in [1.165, 1.54) is 180 Å². The Morgan fingerprint density at radius 1 is 0.280 bits per heavy atom. The zero-order chi connectivity index (χ0) is 54.3. The monoisotopic (exact) mass is 1040 g/mol. The molecule has 432 valence electrons. The summed E-state index contributed by atoms with van der Waals surface area (Å²) < 4.78 is 16.8. The third-order valence-corrected chi connectivity index (χ3v) is 13.9. The van der Waals surface area contributed by atoms with Crippen LogP contribution in [0.1, 0.15) is 316 Å². The fourth-order valence-electron chi connectivity index (χ4n) is 9.09. The van der Waals surface area contributed by atoms with Crippen LogP contribution in [0, 0.1) is 0 Å². The number of ether oxygens (including phenoxy) is 3. The van der Waals surface area contributed by atoms with Crippen LogP contribution >= 0.6 is 0 Å². The molecule has 0 heterocycles. The first kappa shape index (κ1) is 71.6. The normalized spacial score (nSPS) is 12.6. The molecule has 0 N–H and O–H groups in total. The van der Waals surface area contributed by atoms with Gasteiger partial charge in [-0.3, -0.25) is 14.4 Å². The lowest BCUT2D eigenvalue weighted by atomic mass is 10.0. The van der Waals surface area contributed by atoms with Crippen LogP contribution in [0.5, 0.6) is 0 Å². The Morgan fingerprint density at radius 3 is 0.853 bits per heavy atom. The predicted molar refractivity (Wildman–Crippen MR) is 325 cm³/mol. The SMILES string of the molecule is CC/C=C\C/C=C\C/C=C\C/C=C\C/C=C\C/C=C\CCCCC(=O)OC(COC(=O)CCCCCCCCC)COC(=O)CCCCCCCCCCCCCCCCCCC/C=C\CCCCCCCCCC. The second-order valence-electron chi connectivity index (χ2n) is 21.3. The molecule has 0 amide bonds. The molecular formula is C69H120O6. The fourth-order valence-corrected chi connectivity index (χ4v) is 9.09. The Bertz CT molecular complexity index is 1430. The lowest BCUT2D eigenvalue weighted by Crippen LogP contribution is -2.30. The number of esters is 3. The first-order valence-corrected chi connectivity index (χ1v) is 32.1. The van der Waals surface area contributed by atoms with E-state index < -0.39 is 6.10 Å². The van der Waals surface area contributed by atoms with Gasteiger partial charge in [0.15, 0.2) is 6.10 Å². The summed E-state index contributed by atoms with van der Waals surface area (Å²) in [5, 5.41) is 0. The second-order valence-corrected chi connectivity index (χ2v) is 21.3. The molecule has 1 unspecified atom stereocenters. The number of carbonyl (C=O) groups is 3. The highest BCUT2D eigenvalue weighted by Gasteiger charge is 2.19. The highest BCUT2D eigenvalue weighted by Crippen LogP contribution is 2.17. The smallest absolute Gasteiger partial charge is 0.306 e. The van der Waals surface area contributed by atoms with Crippen LogP contribution in [0.4, 0.5) is 0 Å². The van der Waals surface area contributed by atoms with Gasteiger partial charge in [0.2, 0.25) is 0 Å². The molecule has 0 saturated heterocycles. The standard InChI is InChI=1S/C69H120O6/c1-4-7-10-13-16-18-20-22-24-26-28-30-31-32-33-34-35-36-37-39-40-42-44-46-48-50-53-56-59-62-68(71)74-65-66(64-73-67(70)61-58-55-52-15-12-9-6-3)75-69(72)63-60-57-54-51-49-47-45-43-41-38-29-27-25-23-21-19-17-14-11-8-5-2/h8,11,17,19,23,25-26,28-29,38,43,45,49,51,66H,4-7,9-10,12-16,18,20-22,24,27,30-37,39-42,44,46-48,50,52-65H2,1-3H3/b11-8-,19-17-,25-23-,28-26-,38-29-,45-43-,51-49-. The van der Waals surface area contributed by atoms with E-state index in [9.17, 15) is 14.4 Å². The van der Waals surface area contributed by atoms with E-state index in [1.807, 2.05) is 0 Å². The van der Waals surface area contributed by atoms with E-state index in [0.717, 1.165) is 89.9 Å². The van der Waals surface area contributed by atoms with E-state index in [0.29, 0.717) is 19.3 Å². The van der Waals surface area contributed by atoms with Crippen molar-refractivity contribution < 1.29 is 28.6 Å². The van der Waals surface area contributed by atoms with Gasteiger partial charge in [-0.05, 0) is 96.3 Å². The molecule has 6 heteroatoms. The van der Waals surface area contributed by atoms with Crippen molar-refractivity contribution in [3.05, 3.63) is 85.1 Å². The van der Waals surface area contributed by atoms with Gasteiger partial charge in [-0.25, -0.2) is 0 Å². The summed E-state index contributed by atoms with van der Waals surface area (Å²) in [6.07, 6.45) is 83.5. The summed E-state index contributed by atoms with van der Waals surface area (Å²) in [6.45, 7) is 6.47. The molecule has 0 fully saturated rings. The molecule has 0 bridgehead atoms. The molecule has 0 spiro atoms. The molecule has 6 nitrogen and oxygen atoms in total. The van der Waals surface area contributed by atoms with Crippen molar-refractivity contribution in [3.8, 4) is 0 Å². The Balaban J connectivity index is 4.14. The first-order valence-electron chi connectivity index (χ1n) is 32.1. The first-order chi connectivity index (χ1) is 37.0. The van der Waals surface area contributed by atoms with Crippen LogP contribution in [0.25, 0.3) is 0 Å². The van der Waals surface area contributed by atoms with Crippen LogP contribution in [0.15, 0.2) is 85.1 Å². The van der Waals surface area contributed by atoms with Crippen molar-refractivity contribution in [1.29, 1.82) is 0 Å². The van der Waals surface area contributed by atoms with Crippen molar-refractivity contribution in [2.75, 3.05) is 13.2 Å². The van der Waals surface area contributed by atoms with Gasteiger partial charge in [-0.1, -0.05) is 286 Å². The molecule has 0 saturated carbocycles. The van der Waals surface area contributed by atoms with Gasteiger partial charge in [-0.2, -0.15) is 0 Å². The number of rotatable bonds is 58. The highest BCUT2D eigenvalue weighted by atomic mass is 16.6. The summed E-state index contributed by atoms with van der Waals surface area (Å²) in [5.41, 5.74) is 0. The van der Waals surface area contributed by atoms with Gasteiger partial charge >= 0.3 is 17.9 Å². The lowest BCUT2D eigenvalue weighted by molar-refractivity contribution is -0.167. The van der Waals surface area contributed by atoms with Crippen LogP contribution in [0.2, 0.25) is 0 Å². The minimum atomic E-state index is -0.797. The topological polar surface area (TPSA) is 78.9 Å². The number of hydrogen-bond acceptors (Lipinski definition) is 6. The largest absolute Gasteiger partial charge is 0.462 e. The molecule has 0 aromatic carbocycles. The maximum atomic E-state index is 12.8. The van der Waals surface area contributed by atoms with Crippen LogP contribution in [-0.2, 0) is 28.6 Å². The molecule has 0 aliphatic rings. The maximum absolute atomic E-state index is 12.8. The van der Waals surface area contributed by atoms with E-state index in [2.05, 4.69) is 106 Å². The van der Waals surface area contributed by atoms with Crippen LogP contribution in [0.3, 0.4) is 0 Å². The van der Waals surface area contributed by atoms with Crippen LogP contribution < -0.4 is 0 Å². The number of hydrogen-bond donors (Lipinski definition) is 0. The van der Waals surface area contributed by atoms with Crippen molar-refractivity contribution in [2.45, 2.75) is 322 Å². The average molecular weight is 1050 g/mol. The molecule has 1 atom stereocenters. The van der Waals surface area contributed by atoms with Crippen molar-refractivity contribution in [3.63, 3.8) is 0 Å². The highest BCUT2D eigenvalue weighted by molar-refractivity contribution is 5.71. The Morgan fingerprint density at radius 2 is 0.520 bits per heavy atom. The summed E-state index contributed by atoms with van der Waals surface area (Å²) >= 11 is 0. The van der Waals surface area contributed by atoms with E-state index >= 15 is 0 Å². The van der Waals surface area contributed by atoms with Crippen molar-refractivity contribution >= 4 is 17.9 Å². The lowest BCUT2D eigenvalue weighted by Gasteiger charge is -2.18. The van der Waals surface area contributed by atoms with Gasteiger partial charge in [0.25, 0.3) is 0 Å². The number of carbonyl (C=O) groups excluding carboxylic acids is 3. The quantitative estimate of drug-likeness (QED) is 0.0261. The minimum Gasteiger partial charge on any atom is -0.462 e. The molecule has 0 aliphatic heterocycles. The Kier molecular flexibility index (Phi) is 60.3. The van der Waals surface area contributed by atoms with E-state index in [4.69, 9.17) is 14.2 Å². The summed E-state index contributed by atoms with van der Waals surface area (Å²) in [4.78, 5) is 38.0. The summed E-state index contributed by atoms with van der Waals surface area (Å²) in [5.74, 6) is -0.933. The Labute approximate surface area is 465 Å². The van der Waals surface area contributed by atoms with E-state index in [-0.39, 0.29) is 37.5 Å². The number of allylic oxidation sites excluding steroid dienone is 14. The third-order valence-electron chi connectivity index (χ3n) is 13.9. The molecule has 0 aromatic rings. The third kappa shape index (κ3) is 61.3. The van der Waals surface area contributed by atoms with Gasteiger partial charge in [-0.15, -0.1) is 0 Å². The second kappa shape index (κ2) is 63.1. The fraction of sp³-hybridized carbons (Fsp3) is 0.754. The van der Waals surface area contributed by atoms with Crippen LogP contribution in [-0.4, -0.2) is 37.2 Å². The minimum absolute atomic E-state index is 0.0917. The molecular weight excluding hydrogens is 925 g/mol. The molecule has 75 heavy (non-hydrogen) atoms. The Hall–Kier alpha value is -3.41. The van der Waals surface area contributed by atoms with E-state index in [1.54, 1.807) is 0 Å². The average Bonchev–Trinajstić information content (AvgIpc) is 3.41. The molecule has 0 aliphatic carbocycles. The molecule has 0 rings (SSSR count). The number of unbranched alkanes of at least 4 members (excludes halogenated alkanes) is 33. The summed E-state index contributed by atoms with van der Waals surface area (Å²) in [6, 6.07) is 0. The van der Waals surface area contributed by atoms with Crippen molar-refractivity contribution in [1.82, 2.24) is 0 Å². The predicted octanol–water partition coefficient (Wildman–Crippen LogP) is 21.9. The zero-order valence-corrected chi connectivity index (χ0v) is 49.6. The summed E-state index contributed by atoms with van der Waals surface area (Å²) in [7, 11) is 0. The molecule has 0 radical (unpaired) electrons. The van der Waals surface area contributed by atoms with Gasteiger partial charge in [0.1, 0.15) is 13.2 Å². The zero-order valence-electron chi connectivity index (χ0n) is 49.6. The van der Waals surface area contributed by atoms with Gasteiger partial charge < -0.3 is 14.2 Å². The van der Waals surface area contributed by atoms with Gasteiger partial charge in [0, 0.05) is 19.3 Å². The molecule has 0 aromatic heterocycles.